The molecule has 3 aromatic rings. The van der Waals surface area contributed by atoms with Crippen molar-refractivity contribution in [3.05, 3.63) is 34.6 Å². The van der Waals surface area contributed by atoms with Crippen LogP contribution in [0.3, 0.4) is 0 Å². The van der Waals surface area contributed by atoms with Gasteiger partial charge in [-0.1, -0.05) is 29.2 Å². The van der Waals surface area contributed by atoms with E-state index in [1.54, 1.807) is 11.3 Å². The van der Waals surface area contributed by atoms with E-state index in [1.165, 1.54) is 18.1 Å². The third-order valence-corrected chi connectivity index (χ3v) is 7.05. The average Bonchev–Trinajstić information content (AvgIpc) is 3.14. The van der Waals surface area contributed by atoms with Crippen molar-refractivity contribution in [2.24, 2.45) is 0 Å². The van der Waals surface area contributed by atoms with Crippen LogP contribution in [0.2, 0.25) is 0 Å². The lowest BCUT2D eigenvalue weighted by Crippen LogP contribution is -2.36. The van der Waals surface area contributed by atoms with Crippen molar-refractivity contribution in [3.63, 3.8) is 0 Å². The number of hydrogen-bond acceptors (Lipinski definition) is 8. The largest absolute Gasteiger partial charge is 0.378 e. The fourth-order valence-corrected chi connectivity index (χ4v) is 5.29. The second kappa shape index (κ2) is 8.73. The number of nitrogens with zero attached hydrogens (tertiary/aromatic N) is 4. The fraction of sp³-hybridized carbons (Fsp3) is 0.333. The molecule has 1 amide bonds. The maximum atomic E-state index is 12.4. The minimum Gasteiger partial charge on any atom is -0.378 e. The second-order valence-electron chi connectivity index (χ2n) is 6.25. The lowest BCUT2D eigenvalue weighted by Gasteiger charge is -2.25. The molecule has 0 unspecified atom stereocenters. The van der Waals surface area contributed by atoms with Gasteiger partial charge in [0.25, 0.3) is 0 Å². The Bertz CT molecular complexity index is 1010. The highest BCUT2D eigenvalue weighted by molar-refractivity contribution is 9.10. The van der Waals surface area contributed by atoms with Crippen LogP contribution in [0.1, 0.15) is 5.56 Å². The molecule has 1 N–H and O–H groups in total. The van der Waals surface area contributed by atoms with Crippen LogP contribution in [0.15, 0.2) is 34.0 Å². The molecule has 146 valence electrons. The Kier molecular flexibility index (Phi) is 6.10. The first-order valence-corrected chi connectivity index (χ1v) is 11.3. The second-order valence-corrected chi connectivity index (χ2v) is 9.04. The summed E-state index contributed by atoms with van der Waals surface area (Å²) in [4.78, 5) is 27.9. The van der Waals surface area contributed by atoms with E-state index < -0.39 is 0 Å². The molecule has 1 saturated heterocycles. The van der Waals surface area contributed by atoms with Crippen LogP contribution >= 0.6 is 39.0 Å². The molecule has 1 aliphatic rings. The smallest absolute Gasteiger partial charge is 0.234 e. The van der Waals surface area contributed by atoms with Gasteiger partial charge in [-0.15, -0.1) is 0 Å². The third-order valence-electron chi connectivity index (χ3n) is 4.17. The topological polar surface area (TPSA) is 80.2 Å². The van der Waals surface area contributed by atoms with Crippen molar-refractivity contribution in [2.75, 3.05) is 42.3 Å². The van der Waals surface area contributed by atoms with Gasteiger partial charge in [0.15, 0.2) is 10.8 Å². The molecule has 0 spiro atoms. The number of benzene rings is 1. The Morgan fingerprint density at radius 2 is 2.18 bits per heavy atom. The summed E-state index contributed by atoms with van der Waals surface area (Å²) in [5.41, 5.74) is 2.56. The number of rotatable bonds is 5. The Balaban J connectivity index is 1.45. The zero-order valence-electron chi connectivity index (χ0n) is 15.1. The zero-order valence-corrected chi connectivity index (χ0v) is 18.4. The molecule has 28 heavy (non-hydrogen) atoms. The summed E-state index contributed by atoms with van der Waals surface area (Å²) in [5.74, 6) is 0.177. The summed E-state index contributed by atoms with van der Waals surface area (Å²) in [7, 11) is 0. The van der Waals surface area contributed by atoms with Crippen LogP contribution in [0.5, 0.6) is 0 Å². The van der Waals surface area contributed by atoms with E-state index in [-0.39, 0.29) is 11.7 Å². The Hall–Kier alpha value is -1.75. The molecule has 1 aliphatic heterocycles. The van der Waals surface area contributed by atoms with Gasteiger partial charge in [-0.2, -0.15) is 4.98 Å². The summed E-state index contributed by atoms with van der Waals surface area (Å²) in [6.45, 7) is 5.07. The van der Waals surface area contributed by atoms with E-state index in [9.17, 15) is 4.79 Å². The average molecular weight is 480 g/mol. The van der Waals surface area contributed by atoms with Gasteiger partial charge >= 0.3 is 0 Å². The quantitative estimate of drug-likeness (QED) is 0.440. The molecule has 0 radical (unpaired) electrons. The number of amides is 1. The first-order chi connectivity index (χ1) is 13.6. The number of nitrogens with one attached hydrogen (secondary N) is 1. The van der Waals surface area contributed by atoms with E-state index >= 15 is 0 Å². The van der Waals surface area contributed by atoms with Crippen molar-refractivity contribution in [1.29, 1.82) is 0 Å². The number of fused-ring (bicyclic) bond motifs is 1. The minimum atomic E-state index is -0.0840. The lowest BCUT2D eigenvalue weighted by molar-refractivity contribution is -0.113. The molecule has 0 bridgehead atoms. The monoisotopic (exact) mass is 479 g/mol. The van der Waals surface area contributed by atoms with Gasteiger partial charge in [0.05, 0.1) is 24.7 Å². The SMILES string of the molecule is Cc1ccc(NC(=O)CSc2ncnc3nc(N4CCOCC4)sc23)c(Br)c1. The number of carbonyl (C=O) groups excluding carboxylic acids is 1. The number of ether oxygens (including phenoxy) is 1. The van der Waals surface area contributed by atoms with E-state index in [2.05, 4.69) is 41.1 Å². The zero-order chi connectivity index (χ0) is 19.5. The molecule has 1 aromatic carbocycles. The predicted molar refractivity (Wildman–Crippen MR) is 116 cm³/mol. The van der Waals surface area contributed by atoms with Gasteiger partial charge < -0.3 is 15.0 Å². The molecule has 2 aromatic heterocycles. The van der Waals surface area contributed by atoms with Crippen LogP contribution in [0, 0.1) is 6.92 Å². The number of morpholine rings is 1. The number of anilines is 2. The number of halogens is 1. The number of aromatic nitrogens is 3. The molecule has 0 saturated carbocycles. The van der Waals surface area contributed by atoms with E-state index in [0.717, 1.165) is 43.7 Å². The minimum absolute atomic E-state index is 0.0840. The van der Waals surface area contributed by atoms with Crippen molar-refractivity contribution < 1.29 is 9.53 Å². The summed E-state index contributed by atoms with van der Waals surface area (Å²) in [6, 6.07) is 5.83. The highest BCUT2D eigenvalue weighted by Gasteiger charge is 2.18. The van der Waals surface area contributed by atoms with Crippen LogP contribution in [-0.4, -0.2) is 52.9 Å². The van der Waals surface area contributed by atoms with Crippen molar-refractivity contribution >= 4 is 66.1 Å². The predicted octanol–water partition coefficient (Wildman–Crippen LogP) is 3.72. The molecular formula is C18H18BrN5O2S2. The van der Waals surface area contributed by atoms with Gasteiger partial charge in [0.1, 0.15) is 16.1 Å². The number of thiazole rings is 1. The van der Waals surface area contributed by atoms with Crippen molar-refractivity contribution in [2.45, 2.75) is 11.9 Å². The van der Waals surface area contributed by atoms with Crippen LogP contribution in [0.4, 0.5) is 10.8 Å². The molecule has 3 heterocycles. The number of aryl methyl sites for hydroxylation is 1. The molecule has 1 fully saturated rings. The van der Waals surface area contributed by atoms with Gasteiger partial charge in [0.2, 0.25) is 5.91 Å². The van der Waals surface area contributed by atoms with Crippen LogP contribution in [0.25, 0.3) is 10.3 Å². The maximum Gasteiger partial charge on any atom is 0.234 e. The van der Waals surface area contributed by atoms with Crippen molar-refractivity contribution in [3.8, 4) is 0 Å². The van der Waals surface area contributed by atoms with E-state index in [1.807, 2.05) is 25.1 Å². The summed E-state index contributed by atoms with van der Waals surface area (Å²) < 4.78 is 7.19. The standard InChI is InChI=1S/C18H18BrN5O2S2/c1-11-2-3-13(12(19)8-11)22-14(25)9-27-17-15-16(20-10-21-17)23-18(28-15)24-4-6-26-7-5-24/h2-3,8,10H,4-7,9H2,1H3,(H,22,25). The van der Waals surface area contributed by atoms with Crippen LogP contribution in [-0.2, 0) is 9.53 Å². The van der Waals surface area contributed by atoms with Gasteiger partial charge in [0, 0.05) is 17.6 Å². The van der Waals surface area contributed by atoms with E-state index in [0.29, 0.717) is 18.9 Å². The summed E-state index contributed by atoms with van der Waals surface area (Å²) >= 11 is 6.44. The fourth-order valence-electron chi connectivity index (χ4n) is 2.76. The Morgan fingerprint density at radius 1 is 1.36 bits per heavy atom. The van der Waals surface area contributed by atoms with Gasteiger partial charge in [-0.25, -0.2) is 9.97 Å². The maximum absolute atomic E-state index is 12.4. The lowest BCUT2D eigenvalue weighted by atomic mass is 10.2. The van der Waals surface area contributed by atoms with Crippen molar-refractivity contribution in [1.82, 2.24) is 15.0 Å². The van der Waals surface area contributed by atoms with Gasteiger partial charge in [-0.05, 0) is 40.5 Å². The normalized spacial score (nSPS) is 14.4. The highest BCUT2D eigenvalue weighted by atomic mass is 79.9. The number of hydrogen-bond donors (Lipinski definition) is 1. The third kappa shape index (κ3) is 4.45. The first-order valence-electron chi connectivity index (χ1n) is 8.73. The first kappa shape index (κ1) is 19.6. The Morgan fingerprint density at radius 3 is 2.96 bits per heavy atom. The highest BCUT2D eigenvalue weighted by Crippen LogP contribution is 2.34. The summed E-state index contributed by atoms with van der Waals surface area (Å²) in [6.07, 6.45) is 1.50. The summed E-state index contributed by atoms with van der Waals surface area (Å²) in [5, 5.41) is 4.63. The molecule has 0 aliphatic carbocycles. The molecule has 4 rings (SSSR count). The Labute approximate surface area is 179 Å². The van der Waals surface area contributed by atoms with E-state index in [4.69, 9.17) is 4.74 Å². The molecule has 10 heteroatoms. The molecular weight excluding hydrogens is 462 g/mol. The van der Waals surface area contributed by atoms with Crippen LogP contribution < -0.4 is 10.2 Å². The number of thioether (sulfide) groups is 1. The van der Waals surface area contributed by atoms with Gasteiger partial charge in [-0.3, -0.25) is 4.79 Å². The molecule has 0 atom stereocenters. The molecule has 7 nitrogen and oxygen atoms in total. The number of carbonyl (C=O) groups is 1.